The Morgan fingerprint density at radius 1 is 0.889 bits per heavy atom. The van der Waals surface area contributed by atoms with Crippen molar-refractivity contribution in [1.29, 1.82) is 0 Å². The van der Waals surface area contributed by atoms with Gasteiger partial charge in [-0.05, 0) is 60.5 Å². The highest BCUT2D eigenvalue weighted by Crippen LogP contribution is 2.32. The van der Waals surface area contributed by atoms with E-state index in [1.54, 1.807) is 50.4 Å². The summed E-state index contributed by atoms with van der Waals surface area (Å²) in [5, 5.41) is 13.1. The fourth-order valence-electron chi connectivity index (χ4n) is 4.80. The first kappa shape index (κ1) is 23.7. The van der Waals surface area contributed by atoms with Crippen LogP contribution in [0.15, 0.2) is 42.5 Å². The topological polar surface area (TPSA) is 112 Å². The molecule has 0 saturated carbocycles. The predicted octanol–water partition coefficient (Wildman–Crippen LogP) is 2.33. The molecule has 3 aromatic rings. The number of hydrogen-bond donors (Lipinski definition) is 0. The first-order valence-corrected chi connectivity index (χ1v) is 11.8. The van der Waals surface area contributed by atoms with Crippen molar-refractivity contribution in [2.45, 2.75) is 31.3 Å². The highest BCUT2D eigenvalue weighted by molar-refractivity contribution is 6.22. The summed E-state index contributed by atoms with van der Waals surface area (Å²) in [6.07, 6.45) is 1.69. The minimum Gasteiger partial charge on any atom is -0.497 e. The number of rotatable bonds is 7. The molecule has 2 aromatic carbocycles. The second-order valence-corrected chi connectivity index (χ2v) is 8.76. The molecule has 2 fully saturated rings. The fourth-order valence-corrected chi connectivity index (χ4v) is 4.80. The molecular weight excluding hydrogens is 464 g/mol. The number of anilines is 1. The highest BCUT2D eigenvalue weighted by Gasteiger charge is 2.43. The SMILES string of the molecule is COc1ccc(N2C(=O)C[C@H](N3CCC(n4nnc(-c5ccc(OC)c(OC)c5)n4)CC3)C2=O)cc1. The van der Waals surface area contributed by atoms with Crippen molar-refractivity contribution >= 4 is 17.5 Å². The van der Waals surface area contributed by atoms with Gasteiger partial charge in [0.05, 0.1) is 45.5 Å². The summed E-state index contributed by atoms with van der Waals surface area (Å²) in [5.41, 5.74) is 1.35. The lowest BCUT2D eigenvalue weighted by Gasteiger charge is -2.34. The van der Waals surface area contributed by atoms with Gasteiger partial charge in [-0.3, -0.25) is 14.5 Å². The van der Waals surface area contributed by atoms with E-state index in [1.807, 2.05) is 18.2 Å². The van der Waals surface area contributed by atoms with Crippen LogP contribution in [0.2, 0.25) is 0 Å². The van der Waals surface area contributed by atoms with Crippen LogP contribution in [0.5, 0.6) is 17.2 Å². The molecule has 2 aliphatic rings. The summed E-state index contributed by atoms with van der Waals surface area (Å²) in [6, 6.07) is 12.1. The van der Waals surface area contributed by atoms with Gasteiger partial charge in [-0.1, -0.05) is 0 Å². The van der Waals surface area contributed by atoms with E-state index < -0.39 is 6.04 Å². The van der Waals surface area contributed by atoms with E-state index in [4.69, 9.17) is 14.2 Å². The van der Waals surface area contributed by atoms with Gasteiger partial charge in [0.25, 0.3) is 5.91 Å². The lowest BCUT2D eigenvalue weighted by molar-refractivity contribution is -0.123. The van der Waals surface area contributed by atoms with Gasteiger partial charge >= 0.3 is 0 Å². The smallest absolute Gasteiger partial charge is 0.251 e. The third-order valence-electron chi connectivity index (χ3n) is 6.79. The summed E-state index contributed by atoms with van der Waals surface area (Å²) in [4.78, 5) is 30.9. The average molecular weight is 493 g/mol. The van der Waals surface area contributed by atoms with E-state index in [9.17, 15) is 9.59 Å². The van der Waals surface area contributed by atoms with Crippen molar-refractivity contribution in [1.82, 2.24) is 25.1 Å². The van der Waals surface area contributed by atoms with Crippen molar-refractivity contribution in [2.75, 3.05) is 39.3 Å². The van der Waals surface area contributed by atoms with Crippen molar-refractivity contribution in [3.8, 4) is 28.6 Å². The van der Waals surface area contributed by atoms with Gasteiger partial charge in [-0.25, -0.2) is 4.90 Å². The third-order valence-corrected chi connectivity index (χ3v) is 6.79. The average Bonchev–Trinajstić information content (AvgIpc) is 3.53. The summed E-state index contributed by atoms with van der Waals surface area (Å²) < 4.78 is 15.8. The number of amides is 2. The molecule has 1 aromatic heterocycles. The van der Waals surface area contributed by atoms with E-state index in [1.165, 1.54) is 4.90 Å². The van der Waals surface area contributed by atoms with Gasteiger partial charge in [-0.2, -0.15) is 4.80 Å². The molecule has 11 nitrogen and oxygen atoms in total. The number of methoxy groups -OCH3 is 3. The van der Waals surface area contributed by atoms with Crippen LogP contribution in [0.3, 0.4) is 0 Å². The van der Waals surface area contributed by atoms with Crippen molar-refractivity contribution in [3.05, 3.63) is 42.5 Å². The fraction of sp³-hybridized carbons (Fsp3) is 0.400. The normalized spacial score (nSPS) is 19.1. The van der Waals surface area contributed by atoms with E-state index in [0.29, 0.717) is 41.8 Å². The molecule has 5 rings (SSSR count). The molecule has 2 saturated heterocycles. The molecule has 0 N–H and O–H groups in total. The number of likely N-dealkylation sites (tertiary alicyclic amines) is 1. The van der Waals surface area contributed by atoms with E-state index in [0.717, 1.165) is 18.4 Å². The summed E-state index contributed by atoms with van der Waals surface area (Å²) >= 11 is 0. The third kappa shape index (κ3) is 4.37. The molecule has 0 spiro atoms. The van der Waals surface area contributed by atoms with E-state index in [2.05, 4.69) is 20.3 Å². The van der Waals surface area contributed by atoms with Crippen LogP contribution >= 0.6 is 0 Å². The number of benzene rings is 2. The minimum atomic E-state index is -0.452. The molecule has 0 radical (unpaired) electrons. The Kier molecular flexibility index (Phi) is 6.55. The van der Waals surface area contributed by atoms with Gasteiger partial charge in [0.2, 0.25) is 11.7 Å². The standard InChI is InChI=1S/C25H28N6O5/c1-34-19-7-5-17(6-8-19)30-23(32)15-20(25(30)33)29-12-10-18(11-13-29)31-27-24(26-28-31)16-4-9-21(35-2)22(14-16)36-3/h4-9,14,18,20H,10-13,15H2,1-3H3/t20-/m0/s1. The van der Waals surface area contributed by atoms with Crippen LogP contribution in [0, 0.1) is 0 Å². The number of hydrogen-bond acceptors (Lipinski definition) is 9. The lowest BCUT2D eigenvalue weighted by atomic mass is 10.0. The Bertz CT molecular complexity index is 1250. The van der Waals surface area contributed by atoms with Gasteiger partial charge in [-0.15, -0.1) is 10.2 Å². The molecule has 0 unspecified atom stereocenters. The number of aromatic nitrogens is 4. The predicted molar refractivity (Wildman–Crippen MR) is 130 cm³/mol. The maximum absolute atomic E-state index is 13.2. The summed E-state index contributed by atoms with van der Waals surface area (Å²) in [5.74, 6) is 2.04. The van der Waals surface area contributed by atoms with Crippen molar-refractivity contribution < 1.29 is 23.8 Å². The van der Waals surface area contributed by atoms with Crippen LogP contribution in [0.25, 0.3) is 11.4 Å². The number of ether oxygens (including phenoxy) is 3. The van der Waals surface area contributed by atoms with Crippen LogP contribution in [0.1, 0.15) is 25.3 Å². The molecule has 2 aliphatic heterocycles. The number of tetrazole rings is 1. The zero-order valence-electron chi connectivity index (χ0n) is 20.5. The quantitative estimate of drug-likeness (QED) is 0.459. The van der Waals surface area contributed by atoms with E-state index >= 15 is 0 Å². The Morgan fingerprint density at radius 3 is 2.28 bits per heavy atom. The molecule has 11 heteroatoms. The summed E-state index contributed by atoms with van der Waals surface area (Å²) in [7, 11) is 4.75. The minimum absolute atomic E-state index is 0.0625. The number of nitrogens with zero attached hydrogens (tertiary/aromatic N) is 6. The van der Waals surface area contributed by atoms with Gasteiger partial charge < -0.3 is 14.2 Å². The molecule has 3 heterocycles. The largest absolute Gasteiger partial charge is 0.497 e. The number of piperidine rings is 1. The first-order valence-electron chi connectivity index (χ1n) is 11.8. The van der Waals surface area contributed by atoms with E-state index in [-0.39, 0.29) is 24.3 Å². The zero-order chi connectivity index (χ0) is 25.2. The van der Waals surface area contributed by atoms with Crippen molar-refractivity contribution in [3.63, 3.8) is 0 Å². The highest BCUT2D eigenvalue weighted by atomic mass is 16.5. The number of imide groups is 1. The molecular formula is C25H28N6O5. The molecule has 36 heavy (non-hydrogen) atoms. The number of carbonyl (C=O) groups is 2. The van der Waals surface area contributed by atoms with Gasteiger partial charge in [0.15, 0.2) is 11.5 Å². The maximum Gasteiger partial charge on any atom is 0.251 e. The maximum atomic E-state index is 13.2. The molecule has 1 atom stereocenters. The lowest BCUT2D eigenvalue weighted by Crippen LogP contribution is -2.46. The van der Waals surface area contributed by atoms with Gasteiger partial charge in [0.1, 0.15) is 5.75 Å². The van der Waals surface area contributed by atoms with Crippen LogP contribution in [0.4, 0.5) is 5.69 Å². The molecule has 0 bridgehead atoms. The first-order chi connectivity index (χ1) is 17.5. The van der Waals surface area contributed by atoms with Crippen LogP contribution in [-0.2, 0) is 9.59 Å². The molecule has 0 aliphatic carbocycles. The second kappa shape index (κ2) is 9.94. The van der Waals surface area contributed by atoms with Crippen LogP contribution < -0.4 is 19.1 Å². The zero-order valence-corrected chi connectivity index (χ0v) is 20.5. The number of carbonyl (C=O) groups excluding carboxylic acids is 2. The van der Waals surface area contributed by atoms with Crippen molar-refractivity contribution in [2.24, 2.45) is 0 Å². The van der Waals surface area contributed by atoms with Gasteiger partial charge in [0, 0.05) is 18.7 Å². The molecule has 2 amide bonds. The molecule has 188 valence electrons. The monoisotopic (exact) mass is 492 g/mol. The second-order valence-electron chi connectivity index (χ2n) is 8.76. The summed E-state index contributed by atoms with van der Waals surface area (Å²) in [6.45, 7) is 1.33. The Balaban J connectivity index is 1.23. The Morgan fingerprint density at radius 2 is 1.61 bits per heavy atom. The Labute approximate surface area is 208 Å². The Hall–Kier alpha value is -3.99. The van der Waals surface area contributed by atoms with Crippen LogP contribution in [-0.4, -0.2) is 77.4 Å².